The van der Waals surface area contributed by atoms with E-state index in [1.165, 1.54) is 5.56 Å². The van der Waals surface area contributed by atoms with Crippen LogP contribution in [0.1, 0.15) is 35.8 Å². The van der Waals surface area contributed by atoms with Crippen molar-refractivity contribution in [2.75, 3.05) is 18.0 Å². The Bertz CT molecular complexity index is 811. The molecular formula is C19H22N6. The Kier molecular flexibility index (Phi) is 4.41. The molecule has 1 aliphatic rings. The summed E-state index contributed by atoms with van der Waals surface area (Å²) in [6, 6.07) is 8.16. The molecule has 0 bridgehead atoms. The Morgan fingerprint density at radius 2 is 2.12 bits per heavy atom. The van der Waals surface area contributed by atoms with Crippen molar-refractivity contribution >= 4 is 5.82 Å². The maximum atomic E-state index is 4.66. The molecule has 4 heterocycles. The topological polar surface area (TPSA) is 59.7 Å². The zero-order valence-corrected chi connectivity index (χ0v) is 14.4. The lowest BCUT2D eigenvalue weighted by Crippen LogP contribution is -2.36. The predicted octanol–water partition coefficient (Wildman–Crippen LogP) is 2.81. The van der Waals surface area contributed by atoms with Crippen molar-refractivity contribution in [2.24, 2.45) is 0 Å². The second-order valence-corrected chi connectivity index (χ2v) is 6.59. The molecule has 0 aliphatic carbocycles. The second-order valence-electron chi connectivity index (χ2n) is 6.59. The summed E-state index contributed by atoms with van der Waals surface area (Å²) in [4.78, 5) is 11.2. The highest BCUT2D eigenvalue weighted by Gasteiger charge is 2.25. The molecule has 6 nitrogen and oxygen atoms in total. The number of aromatic nitrogens is 5. The molecule has 1 atom stereocenters. The summed E-state index contributed by atoms with van der Waals surface area (Å²) < 4.78 is 2.24. The predicted molar refractivity (Wildman–Crippen MR) is 96.5 cm³/mol. The molecular weight excluding hydrogens is 312 g/mol. The van der Waals surface area contributed by atoms with Crippen molar-refractivity contribution in [3.05, 3.63) is 66.1 Å². The minimum absolute atomic E-state index is 0.406. The first kappa shape index (κ1) is 15.7. The zero-order valence-electron chi connectivity index (χ0n) is 14.4. The molecule has 3 aromatic heterocycles. The van der Waals surface area contributed by atoms with Crippen LogP contribution in [0.5, 0.6) is 0 Å². The van der Waals surface area contributed by atoms with Crippen molar-refractivity contribution in [3.8, 4) is 0 Å². The van der Waals surface area contributed by atoms with Crippen molar-refractivity contribution in [3.63, 3.8) is 0 Å². The third-order valence-electron chi connectivity index (χ3n) is 4.72. The summed E-state index contributed by atoms with van der Waals surface area (Å²) in [6.07, 6.45) is 9.97. The van der Waals surface area contributed by atoms with Crippen molar-refractivity contribution in [2.45, 2.75) is 32.2 Å². The van der Waals surface area contributed by atoms with Gasteiger partial charge in [0, 0.05) is 43.8 Å². The second kappa shape index (κ2) is 7.01. The van der Waals surface area contributed by atoms with Gasteiger partial charge in [-0.1, -0.05) is 6.07 Å². The average Bonchev–Trinajstić information content (AvgIpc) is 3.11. The van der Waals surface area contributed by atoms with Crippen molar-refractivity contribution in [1.29, 1.82) is 0 Å². The first-order chi connectivity index (χ1) is 12.3. The SMILES string of the molecule is Cc1ccc(N2CCC[C@@H](c3nccn3Cc3cccnc3)C2)nn1. The van der Waals surface area contributed by atoms with Gasteiger partial charge >= 0.3 is 0 Å². The van der Waals surface area contributed by atoms with Gasteiger partial charge in [0.05, 0.1) is 12.2 Å². The smallest absolute Gasteiger partial charge is 0.151 e. The Morgan fingerprint density at radius 3 is 2.92 bits per heavy atom. The molecule has 1 aliphatic heterocycles. The molecule has 0 aromatic carbocycles. The van der Waals surface area contributed by atoms with Crippen LogP contribution in [-0.4, -0.2) is 37.8 Å². The molecule has 0 N–H and O–H groups in total. The number of piperidine rings is 1. The van der Waals surface area contributed by atoms with Gasteiger partial charge in [0.15, 0.2) is 5.82 Å². The molecule has 4 rings (SSSR count). The third-order valence-corrected chi connectivity index (χ3v) is 4.72. The van der Waals surface area contributed by atoms with E-state index in [2.05, 4.69) is 48.0 Å². The van der Waals surface area contributed by atoms with Crippen LogP contribution in [0.25, 0.3) is 0 Å². The fourth-order valence-electron chi connectivity index (χ4n) is 3.46. The van der Waals surface area contributed by atoms with Gasteiger partial charge in [0.25, 0.3) is 0 Å². The van der Waals surface area contributed by atoms with Crippen LogP contribution < -0.4 is 4.90 Å². The van der Waals surface area contributed by atoms with Crippen LogP contribution >= 0.6 is 0 Å². The number of aryl methyl sites for hydroxylation is 1. The maximum absolute atomic E-state index is 4.66. The van der Waals surface area contributed by atoms with Gasteiger partial charge < -0.3 is 9.47 Å². The highest BCUT2D eigenvalue weighted by molar-refractivity contribution is 5.38. The number of hydrogen-bond donors (Lipinski definition) is 0. The number of imidazole rings is 1. The largest absolute Gasteiger partial charge is 0.354 e. The zero-order chi connectivity index (χ0) is 17.1. The number of hydrogen-bond acceptors (Lipinski definition) is 5. The van der Waals surface area contributed by atoms with Crippen LogP contribution in [-0.2, 0) is 6.54 Å². The molecule has 0 amide bonds. The van der Waals surface area contributed by atoms with E-state index in [0.717, 1.165) is 49.8 Å². The molecule has 1 fully saturated rings. The summed E-state index contributed by atoms with van der Waals surface area (Å²) in [5.74, 6) is 2.51. The maximum Gasteiger partial charge on any atom is 0.151 e. The lowest BCUT2D eigenvalue weighted by molar-refractivity contribution is 0.473. The van der Waals surface area contributed by atoms with E-state index in [1.54, 1.807) is 6.20 Å². The first-order valence-electron chi connectivity index (χ1n) is 8.75. The van der Waals surface area contributed by atoms with E-state index in [0.29, 0.717) is 5.92 Å². The molecule has 128 valence electrons. The Hall–Kier alpha value is -2.76. The van der Waals surface area contributed by atoms with Gasteiger partial charge in [0.2, 0.25) is 0 Å². The van der Waals surface area contributed by atoms with Crippen LogP contribution in [0.2, 0.25) is 0 Å². The van der Waals surface area contributed by atoms with Gasteiger partial charge in [0.1, 0.15) is 5.82 Å². The first-order valence-corrected chi connectivity index (χ1v) is 8.75. The monoisotopic (exact) mass is 334 g/mol. The van der Waals surface area contributed by atoms with E-state index >= 15 is 0 Å². The van der Waals surface area contributed by atoms with Crippen molar-refractivity contribution < 1.29 is 0 Å². The molecule has 0 unspecified atom stereocenters. The Balaban J connectivity index is 1.52. The summed E-state index contributed by atoms with van der Waals surface area (Å²) in [5, 5.41) is 8.54. The quantitative estimate of drug-likeness (QED) is 0.734. The minimum atomic E-state index is 0.406. The molecule has 0 spiro atoms. The third kappa shape index (κ3) is 3.52. The van der Waals surface area contributed by atoms with Gasteiger partial charge in [-0.3, -0.25) is 4.98 Å². The number of anilines is 1. The van der Waals surface area contributed by atoms with Gasteiger partial charge in [-0.05, 0) is 43.5 Å². The molecule has 0 radical (unpaired) electrons. The van der Waals surface area contributed by atoms with Gasteiger partial charge in [-0.2, -0.15) is 5.10 Å². The number of nitrogens with zero attached hydrogens (tertiary/aromatic N) is 6. The van der Waals surface area contributed by atoms with Crippen molar-refractivity contribution in [1.82, 2.24) is 24.7 Å². The molecule has 3 aromatic rings. The van der Waals surface area contributed by atoms with Gasteiger partial charge in [-0.25, -0.2) is 4.98 Å². The van der Waals surface area contributed by atoms with E-state index in [1.807, 2.05) is 31.5 Å². The van der Waals surface area contributed by atoms with E-state index in [4.69, 9.17) is 0 Å². The fourth-order valence-corrected chi connectivity index (χ4v) is 3.46. The number of pyridine rings is 1. The number of rotatable bonds is 4. The standard InChI is InChI=1S/C19H22N6/c1-15-6-7-18(23-22-15)24-10-3-5-17(14-24)19-21-9-11-25(19)13-16-4-2-8-20-12-16/h2,4,6-9,11-12,17H,3,5,10,13-14H2,1H3/t17-/m1/s1. The Morgan fingerprint density at radius 1 is 1.16 bits per heavy atom. The van der Waals surface area contributed by atoms with E-state index in [-0.39, 0.29) is 0 Å². The van der Waals surface area contributed by atoms with Crippen LogP contribution in [0.15, 0.2) is 49.1 Å². The minimum Gasteiger partial charge on any atom is -0.354 e. The molecule has 6 heteroatoms. The molecule has 1 saturated heterocycles. The lowest BCUT2D eigenvalue weighted by atomic mass is 9.97. The van der Waals surface area contributed by atoms with Crippen LogP contribution in [0.3, 0.4) is 0 Å². The highest BCUT2D eigenvalue weighted by Crippen LogP contribution is 2.28. The molecule has 25 heavy (non-hydrogen) atoms. The van der Waals surface area contributed by atoms with E-state index < -0.39 is 0 Å². The molecule has 0 saturated carbocycles. The lowest BCUT2D eigenvalue weighted by Gasteiger charge is -2.33. The summed E-state index contributed by atoms with van der Waals surface area (Å²) in [7, 11) is 0. The Labute approximate surface area is 147 Å². The van der Waals surface area contributed by atoms with Crippen LogP contribution in [0, 0.1) is 6.92 Å². The highest BCUT2D eigenvalue weighted by atomic mass is 15.3. The van der Waals surface area contributed by atoms with E-state index in [9.17, 15) is 0 Å². The van der Waals surface area contributed by atoms with Crippen LogP contribution in [0.4, 0.5) is 5.82 Å². The average molecular weight is 334 g/mol. The summed E-state index contributed by atoms with van der Waals surface area (Å²) in [5.41, 5.74) is 2.14. The summed E-state index contributed by atoms with van der Waals surface area (Å²) >= 11 is 0. The fraction of sp³-hybridized carbons (Fsp3) is 0.368. The van der Waals surface area contributed by atoms with Gasteiger partial charge in [-0.15, -0.1) is 5.10 Å². The normalized spacial score (nSPS) is 17.6. The summed E-state index contributed by atoms with van der Waals surface area (Å²) in [6.45, 7) is 4.73.